The Bertz CT molecular complexity index is 592. The van der Waals surface area contributed by atoms with Gasteiger partial charge in [-0.1, -0.05) is 43.2 Å². The van der Waals surface area contributed by atoms with Crippen molar-refractivity contribution in [3.63, 3.8) is 0 Å². The molecule has 0 amide bonds. The second-order valence-electron chi connectivity index (χ2n) is 6.65. The first kappa shape index (κ1) is 13.1. The minimum absolute atomic E-state index is 0.246. The molecule has 1 N–H and O–H groups in total. The summed E-state index contributed by atoms with van der Waals surface area (Å²) in [5.41, 5.74) is 2.93. The molecule has 3 heteroatoms. The fourth-order valence-electron chi connectivity index (χ4n) is 3.84. The van der Waals surface area contributed by atoms with Crippen molar-refractivity contribution in [1.82, 2.24) is 15.1 Å². The number of rotatable bonds is 4. The first-order valence-corrected chi connectivity index (χ1v) is 8.16. The van der Waals surface area contributed by atoms with Crippen molar-refractivity contribution < 1.29 is 0 Å². The standard InChI is InChI=1S/C18H23N3/c1-2-6-15(7-3-1)18(13-19-14-18)12-16-10-11-21(20-16)17-8-4-5-9-17/h1-3,6-7,10-11,17,19H,4-5,8-9,12-14H2. The van der Waals surface area contributed by atoms with Gasteiger partial charge in [-0.3, -0.25) is 4.68 Å². The molecule has 0 unspecified atom stereocenters. The van der Waals surface area contributed by atoms with E-state index in [9.17, 15) is 0 Å². The van der Waals surface area contributed by atoms with E-state index >= 15 is 0 Å². The molecule has 110 valence electrons. The zero-order valence-corrected chi connectivity index (χ0v) is 12.5. The van der Waals surface area contributed by atoms with Crippen LogP contribution < -0.4 is 5.32 Å². The zero-order chi connectivity index (χ0) is 14.1. The van der Waals surface area contributed by atoms with Gasteiger partial charge in [0, 0.05) is 31.1 Å². The van der Waals surface area contributed by atoms with Crippen molar-refractivity contribution >= 4 is 0 Å². The first-order valence-electron chi connectivity index (χ1n) is 8.16. The third kappa shape index (κ3) is 2.40. The molecule has 1 saturated heterocycles. The predicted octanol–water partition coefficient (Wildman–Crippen LogP) is 3.08. The third-order valence-corrected chi connectivity index (χ3v) is 5.19. The van der Waals surface area contributed by atoms with Gasteiger partial charge in [-0.25, -0.2) is 0 Å². The van der Waals surface area contributed by atoms with E-state index in [0.29, 0.717) is 6.04 Å². The Kier molecular flexibility index (Phi) is 3.30. The monoisotopic (exact) mass is 281 g/mol. The van der Waals surface area contributed by atoms with Gasteiger partial charge in [-0.05, 0) is 24.5 Å². The smallest absolute Gasteiger partial charge is 0.0634 e. The Morgan fingerprint density at radius 1 is 1.10 bits per heavy atom. The van der Waals surface area contributed by atoms with Crippen LogP contribution in [0.2, 0.25) is 0 Å². The molecular formula is C18H23N3. The molecule has 3 nitrogen and oxygen atoms in total. The van der Waals surface area contributed by atoms with Crippen molar-refractivity contribution in [2.24, 2.45) is 0 Å². The van der Waals surface area contributed by atoms with Crippen LogP contribution in [0.15, 0.2) is 42.6 Å². The lowest BCUT2D eigenvalue weighted by Gasteiger charge is -2.43. The minimum Gasteiger partial charge on any atom is -0.315 e. The van der Waals surface area contributed by atoms with E-state index < -0.39 is 0 Å². The summed E-state index contributed by atoms with van der Waals surface area (Å²) in [5.74, 6) is 0. The highest BCUT2D eigenvalue weighted by molar-refractivity contribution is 5.31. The van der Waals surface area contributed by atoms with Gasteiger partial charge in [0.1, 0.15) is 0 Å². The minimum atomic E-state index is 0.246. The molecule has 0 atom stereocenters. The lowest BCUT2D eigenvalue weighted by atomic mass is 9.72. The predicted molar refractivity (Wildman–Crippen MR) is 84.4 cm³/mol. The third-order valence-electron chi connectivity index (χ3n) is 5.19. The molecule has 1 aliphatic heterocycles. The number of benzene rings is 1. The zero-order valence-electron chi connectivity index (χ0n) is 12.5. The molecule has 1 saturated carbocycles. The molecule has 1 aliphatic carbocycles. The highest BCUT2D eigenvalue weighted by Crippen LogP contribution is 2.33. The summed E-state index contributed by atoms with van der Waals surface area (Å²) in [6.45, 7) is 2.13. The summed E-state index contributed by atoms with van der Waals surface area (Å²) in [5, 5.41) is 8.32. The van der Waals surface area contributed by atoms with Crippen LogP contribution in [0.5, 0.6) is 0 Å². The summed E-state index contributed by atoms with van der Waals surface area (Å²) < 4.78 is 2.22. The van der Waals surface area contributed by atoms with Crippen molar-refractivity contribution in [2.45, 2.75) is 43.6 Å². The molecule has 4 rings (SSSR count). The highest BCUT2D eigenvalue weighted by Gasteiger charge is 2.39. The Hall–Kier alpha value is -1.61. The summed E-state index contributed by atoms with van der Waals surface area (Å²) >= 11 is 0. The van der Waals surface area contributed by atoms with Gasteiger partial charge < -0.3 is 5.32 Å². The van der Waals surface area contributed by atoms with Crippen molar-refractivity contribution in [1.29, 1.82) is 0 Å². The maximum atomic E-state index is 4.87. The van der Waals surface area contributed by atoms with E-state index in [4.69, 9.17) is 5.10 Å². The summed E-state index contributed by atoms with van der Waals surface area (Å²) in [4.78, 5) is 0. The van der Waals surface area contributed by atoms with Gasteiger partial charge in [0.05, 0.1) is 11.7 Å². The van der Waals surface area contributed by atoms with E-state index in [1.54, 1.807) is 0 Å². The van der Waals surface area contributed by atoms with E-state index in [2.05, 4.69) is 52.6 Å². The lowest BCUT2D eigenvalue weighted by molar-refractivity contribution is 0.271. The Labute approximate surface area is 126 Å². The van der Waals surface area contributed by atoms with E-state index in [1.807, 2.05) is 0 Å². The maximum Gasteiger partial charge on any atom is 0.0634 e. The number of hydrogen-bond acceptors (Lipinski definition) is 2. The largest absolute Gasteiger partial charge is 0.315 e. The average molecular weight is 281 g/mol. The molecule has 21 heavy (non-hydrogen) atoms. The average Bonchev–Trinajstić information content (AvgIpc) is 3.15. The van der Waals surface area contributed by atoms with Crippen molar-refractivity contribution in [2.75, 3.05) is 13.1 Å². The molecule has 0 radical (unpaired) electrons. The fraction of sp³-hybridized carbons (Fsp3) is 0.500. The van der Waals surface area contributed by atoms with Crippen LogP contribution >= 0.6 is 0 Å². The van der Waals surface area contributed by atoms with Gasteiger partial charge in [0.25, 0.3) is 0 Å². The summed E-state index contributed by atoms with van der Waals surface area (Å²) in [6.07, 6.45) is 8.55. The van der Waals surface area contributed by atoms with Gasteiger partial charge >= 0.3 is 0 Å². The van der Waals surface area contributed by atoms with Crippen molar-refractivity contribution in [3.05, 3.63) is 53.9 Å². The quantitative estimate of drug-likeness (QED) is 0.933. The van der Waals surface area contributed by atoms with Gasteiger partial charge in [-0.15, -0.1) is 0 Å². The van der Waals surface area contributed by atoms with Crippen LogP contribution in [0.4, 0.5) is 0 Å². The van der Waals surface area contributed by atoms with Gasteiger partial charge in [0.2, 0.25) is 0 Å². The van der Waals surface area contributed by atoms with Crippen LogP contribution in [0.3, 0.4) is 0 Å². The highest BCUT2D eigenvalue weighted by atomic mass is 15.3. The molecule has 2 fully saturated rings. The number of aromatic nitrogens is 2. The van der Waals surface area contributed by atoms with Gasteiger partial charge in [-0.2, -0.15) is 5.10 Å². The molecule has 2 aromatic rings. The summed E-state index contributed by atoms with van der Waals surface area (Å²) in [6, 6.07) is 13.8. The van der Waals surface area contributed by atoms with Crippen LogP contribution in [0.25, 0.3) is 0 Å². The first-order chi connectivity index (χ1) is 10.4. The second-order valence-corrected chi connectivity index (χ2v) is 6.65. The Balaban J connectivity index is 1.54. The van der Waals surface area contributed by atoms with Crippen LogP contribution in [-0.2, 0) is 11.8 Å². The molecule has 0 bridgehead atoms. The summed E-state index contributed by atoms with van der Waals surface area (Å²) in [7, 11) is 0. The van der Waals surface area contributed by atoms with Gasteiger partial charge in [0.15, 0.2) is 0 Å². The molecule has 2 heterocycles. The van der Waals surface area contributed by atoms with E-state index in [1.165, 1.54) is 36.9 Å². The lowest BCUT2D eigenvalue weighted by Crippen LogP contribution is -2.58. The topological polar surface area (TPSA) is 29.9 Å². The SMILES string of the molecule is c1ccc(C2(Cc3ccn(C4CCCC4)n3)CNC2)cc1. The Morgan fingerprint density at radius 2 is 1.86 bits per heavy atom. The van der Waals surface area contributed by atoms with Crippen LogP contribution in [0, 0.1) is 0 Å². The fourth-order valence-corrected chi connectivity index (χ4v) is 3.84. The van der Waals surface area contributed by atoms with Crippen molar-refractivity contribution in [3.8, 4) is 0 Å². The second kappa shape index (κ2) is 5.30. The van der Waals surface area contributed by atoms with E-state index in [-0.39, 0.29) is 5.41 Å². The number of hydrogen-bond donors (Lipinski definition) is 1. The number of nitrogens with one attached hydrogen (secondary N) is 1. The molecule has 1 aromatic heterocycles. The number of nitrogens with zero attached hydrogens (tertiary/aromatic N) is 2. The van der Waals surface area contributed by atoms with Crippen LogP contribution in [0.1, 0.15) is 43.0 Å². The molecular weight excluding hydrogens is 258 g/mol. The maximum absolute atomic E-state index is 4.87. The van der Waals surface area contributed by atoms with Crippen LogP contribution in [-0.4, -0.2) is 22.9 Å². The Morgan fingerprint density at radius 3 is 2.52 bits per heavy atom. The molecule has 2 aliphatic rings. The normalized spacial score (nSPS) is 21.3. The molecule has 1 aromatic carbocycles. The van der Waals surface area contributed by atoms with E-state index in [0.717, 1.165) is 19.5 Å². The molecule has 0 spiro atoms.